The summed E-state index contributed by atoms with van der Waals surface area (Å²) in [5.41, 5.74) is 8.33. The fourth-order valence-electron chi connectivity index (χ4n) is 3.39. The first-order valence-electron chi connectivity index (χ1n) is 9.35. The number of carbonyl (C=O) groups excluding carboxylic acids is 1. The monoisotopic (exact) mass is 401 g/mol. The Kier molecular flexibility index (Phi) is 4.79. The summed E-state index contributed by atoms with van der Waals surface area (Å²) < 4.78 is 15.9. The highest BCUT2D eigenvalue weighted by molar-refractivity contribution is 6.04. The SMILES string of the molecule is Cc1cc(C(=O)Nc2ccc(C(=N)N)cc2F)n(-c2cc3ccccc3cc2C)n1. The molecule has 30 heavy (non-hydrogen) atoms. The first-order valence-corrected chi connectivity index (χ1v) is 9.35. The highest BCUT2D eigenvalue weighted by atomic mass is 19.1. The molecule has 4 rings (SSSR count). The summed E-state index contributed by atoms with van der Waals surface area (Å²) in [7, 11) is 0. The van der Waals surface area contributed by atoms with Gasteiger partial charge in [0.15, 0.2) is 0 Å². The van der Waals surface area contributed by atoms with Gasteiger partial charge >= 0.3 is 0 Å². The van der Waals surface area contributed by atoms with Crippen molar-refractivity contribution < 1.29 is 9.18 Å². The van der Waals surface area contributed by atoms with E-state index in [2.05, 4.69) is 10.4 Å². The molecule has 0 saturated heterocycles. The summed E-state index contributed by atoms with van der Waals surface area (Å²) in [5.74, 6) is -1.40. The summed E-state index contributed by atoms with van der Waals surface area (Å²) in [6.07, 6.45) is 0. The molecule has 1 amide bonds. The molecule has 0 fully saturated rings. The molecule has 4 N–H and O–H groups in total. The van der Waals surface area contributed by atoms with Gasteiger partial charge in [0.25, 0.3) is 5.91 Å². The second kappa shape index (κ2) is 7.44. The van der Waals surface area contributed by atoms with Crippen LogP contribution in [0.15, 0.2) is 60.7 Å². The number of carbonyl (C=O) groups is 1. The number of anilines is 1. The normalized spacial score (nSPS) is 10.9. The molecule has 0 aliphatic rings. The zero-order valence-corrected chi connectivity index (χ0v) is 16.5. The lowest BCUT2D eigenvalue weighted by molar-refractivity contribution is 0.101. The molecule has 1 heterocycles. The molecule has 0 aliphatic heterocycles. The van der Waals surface area contributed by atoms with E-state index in [0.717, 1.165) is 28.1 Å². The molecule has 0 bridgehead atoms. The molecule has 150 valence electrons. The summed E-state index contributed by atoms with van der Waals surface area (Å²) in [6.45, 7) is 3.76. The van der Waals surface area contributed by atoms with Crippen molar-refractivity contribution >= 4 is 28.2 Å². The average molecular weight is 401 g/mol. The number of nitrogen functional groups attached to an aromatic ring is 1. The molecule has 6 nitrogen and oxygen atoms in total. The van der Waals surface area contributed by atoms with Gasteiger partial charge in [-0.25, -0.2) is 9.07 Å². The number of nitrogens with zero attached hydrogens (tertiary/aromatic N) is 2. The fourth-order valence-corrected chi connectivity index (χ4v) is 3.39. The van der Waals surface area contributed by atoms with Crippen LogP contribution in [0.25, 0.3) is 16.5 Å². The molecule has 7 heteroatoms. The summed E-state index contributed by atoms with van der Waals surface area (Å²) >= 11 is 0. The van der Waals surface area contributed by atoms with Crippen LogP contribution >= 0.6 is 0 Å². The number of amidine groups is 1. The standard InChI is InChI=1S/C23H20FN5O/c1-13-9-15-5-3-4-6-16(15)12-20(13)29-21(10-14(2)28-29)23(30)27-19-8-7-17(22(25)26)11-18(19)24/h3-12H,1-2H3,(H3,25,26)(H,27,30). The Labute approximate surface area is 172 Å². The Bertz CT molecular complexity index is 1310. The molecule has 0 spiro atoms. The zero-order chi connectivity index (χ0) is 21.4. The molecule has 0 unspecified atom stereocenters. The summed E-state index contributed by atoms with van der Waals surface area (Å²) in [4.78, 5) is 13.0. The maximum atomic E-state index is 14.4. The summed E-state index contributed by atoms with van der Waals surface area (Å²) in [5, 5.41) is 16.6. The van der Waals surface area contributed by atoms with Gasteiger partial charge in [-0.1, -0.05) is 24.3 Å². The Morgan fingerprint density at radius 3 is 2.43 bits per heavy atom. The minimum atomic E-state index is -0.666. The first-order chi connectivity index (χ1) is 14.3. The highest BCUT2D eigenvalue weighted by Gasteiger charge is 2.19. The third kappa shape index (κ3) is 3.53. The number of rotatable bonds is 4. The van der Waals surface area contributed by atoms with Crippen molar-refractivity contribution in [2.24, 2.45) is 5.73 Å². The van der Waals surface area contributed by atoms with E-state index in [0.29, 0.717) is 11.4 Å². The van der Waals surface area contributed by atoms with Gasteiger partial charge in [0, 0.05) is 5.56 Å². The van der Waals surface area contributed by atoms with Crippen molar-refractivity contribution in [1.29, 1.82) is 5.41 Å². The first kappa shape index (κ1) is 19.3. The van der Waals surface area contributed by atoms with Crippen molar-refractivity contribution in [3.8, 4) is 5.69 Å². The van der Waals surface area contributed by atoms with Crippen molar-refractivity contribution in [2.45, 2.75) is 13.8 Å². The van der Waals surface area contributed by atoms with Crippen LogP contribution in [0.2, 0.25) is 0 Å². The second-order valence-corrected chi connectivity index (χ2v) is 7.13. The predicted octanol–water partition coefficient (Wildman–Crippen LogP) is 4.32. The molecule has 0 saturated carbocycles. The number of hydrogen-bond acceptors (Lipinski definition) is 3. The number of hydrogen-bond donors (Lipinski definition) is 3. The van der Waals surface area contributed by atoms with E-state index in [1.807, 2.05) is 43.3 Å². The van der Waals surface area contributed by atoms with Crippen molar-refractivity contribution in [2.75, 3.05) is 5.32 Å². The highest BCUT2D eigenvalue weighted by Crippen LogP contribution is 2.25. The van der Waals surface area contributed by atoms with Gasteiger partial charge in [-0.15, -0.1) is 0 Å². The van der Waals surface area contributed by atoms with Gasteiger partial charge in [0.05, 0.1) is 17.1 Å². The molecule has 0 atom stereocenters. The quantitative estimate of drug-likeness (QED) is 0.351. The largest absolute Gasteiger partial charge is 0.384 e. The number of aromatic nitrogens is 2. The van der Waals surface area contributed by atoms with E-state index in [4.69, 9.17) is 11.1 Å². The Balaban J connectivity index is 1.73. The summed E-state index contributed by atoms with van der Waals surface area (Å²) in [6, 6.07) is 17.6. The number of benzene rings is 3. The molecular formula is C23H20FN5O. The maximum absolute atomic E-state index is 14.4. The van der Waals surface area contributed by atoms with E-state index in [1.54, 1.807) is 17.7 Å². The average Bonchev–Trinajstić information content (AvgIpc) is 3.10. The molecule has 0 aliphatic carbocycles. The number of amides is 1. The van der Waals surface area contributed by atoms with Crippen LogP contribution in [0.5, 0.6) is 0 Å². The van der Waals surface area contributed by atoms with Crippen molar-refractivity contribution in [3.05, 3.63) is 89.0 Å². The third-order valence-electron chi connectivity index (χ3n) is 4.88. The molecular weight excluding hydrogens is 381 g/mol. The van der Waals surface area contributed by atoms with Gasteiger partial charge in [0.1, 0.15) is 17.3 Å². The molecule has 0 radical (unpaired) electrons. The number of aryl methyl sites for hydroxylation is 2. The number of nitrogens with one attached hydrogen (secondary N) is 2. The number of halogens is 1. The van der Waals surface area contributed by atoms with E-state index < -0.39 is 11.7 Å². The zero-order valence-electron chi connectivity index (χ0n) is 16.5. The van der Waals surface area contributed by atoms with Crippen LogP contribution in [-0.2, 0) is 0 Å². The van der Waals surface area contributed by atoms with Gasteiger partial charge in [-0.2, -0.15) is 5.10 Å². The van der Waals surface area contributed by atoms with Crippen LogP contribution in [-0.4, -0.2) is 21.5 Å². The Morgan fingerprint density at radius 1 is 1.07 bits per heavy atom. The van der Waals surface area contributed by atoms with Gasteiger partial charge in [-0.3, -0.25) is 10.2 Å². The van der Waals surface area contributed by atoms with E-state index >= 15 is 0 Å². The van der Waals surface area contributed by atoms with Gasteiger partial charge in [-0.05, 0) is 66.6 Å². The number of nitrogens with two attached hydrogens (primary N) is 1. The third-order valence-corrected chi connectivity index (χ3v) is 4.88. The second-order valence-electron chi connectivity index (χ2n) is 7.13. The predicted molar refractivity (Wildman–Crippen MR) is 116 cm³/mol. The van der Waals surface area contributed by atoms with Crippen LogP contribution in [0.3, 0.4) is 0 Å². The smallest absolute Gasteiger partial charge is 0.274 e. The minimum absolute atomic E-state index is 0.00522. The Hall–Kier alpha value is -4.00. The van der Waals surface area contributed by atoms with Gasteiger partial charge in [0.2, 0.25) is 0 Å². The maximum Gasteiger partial charge on any atom is 0.274 e. The van der Waals surface area contributed by atoms with Crippen molar-refractivity contribution in [1.82, 2.24) is 9.78 Å². The van der Waals surface area contributed by atoms with Crippen LogP contribution < -0.4 is 11.1 Å². The van der Waals surface area contributed by atoms with Gasteiger partial charge < -0.3 is 11.1 Å². The van der Waals surface area contributed by atoms with Crippen LogP contribution in [0.4, 0.5) is 10.1 Å². The lowest BCUT2D eigenvalue weighted by Gasteiger charge is -2.13. The fraction of sp³-hybridized carbons (Fsp3) is 0.0870. The topological polar surface area (TPSA) is 96.8 Å². The van der Waals surface area contributed by atoms with E-state index in [9.17, 15) is 9.18 Å². The van der Waals surface area contributed by atoms with Crippen molar-refractivity contribution in [3.63, 3.8) is 0 Å². The van der Waals surface area contributed by atoms with E-state index in [-0.39, 0.29) is 17.1 Å². The Morgan fingerprint density at radius 2 is 1.77 bits per heavy atom. The van der Waals surface area contributed by atoms with Crippen LogP contribution in [0, 0.1) is 25.1 Å². The number of fused-ring (bicyclic) bond motifs is 1. The lowest BCUT2D eigenvalue weighted by Crippen LogP contribution is -2.18. The minimum Gasteiger partial charge on any atom is -0.384 e. The van der Waals surface area contributed by atoms with E-state index in [1.165, 1.54) is 12.1 Å². The molecule has 4 aromatic rings. The molecule has 1 aromatic heterocycles. The van der Waals surface area contributed by atoms with Crippen LogP contribution in [0.1, 0.15) is 27.3 Å². The molecule has 3 aromatic carbocycles. The lowest BCUT2D eigenvalue weighted by atomic mass is 10.1.